The zero-order valence-electron chi connectivity index (χ0n) is 12.4. The molecule has 3 heterocycles. The van der Waals surface area contributed by atoms with Crippen molar-refractivity contribution in [1.29, 1.82) is 0 Å². The molecule has 0 spiro atoms. The fourth-order valence-electron chi connectivity index (χ4n) is 4.65. The van der Waals surface area contributed by atoms with Crippen molar-refractivity contribution in [3.05, 3.63) is 35.4 Å². The van der Waals surface area contributed by atoms with E-state index in [1.807, 2.05) is 0 Å². The zero-order chi connectivity index (χ0) is 13.6. The van der Waals surface area contributed by atoms with Gasteiger partial charge in [0, 0.05) is 12.0 Å². The van der Waals surface area contributed by atoms with E-state index in [-0.39, 0.29) is 0 Å². The number of piperidine rings is 3. The second kappa shape index (κ2) is 4.57. The molecule has 0 amide bonds. The predicted octanol–water partition coefficient (Wildman–Crippen LogP) is 2.80. The highest BCUT2D eigenvalue weighted by molar-refractivity contribution is 5.36. The summed E-state index contributed by atoms with van der Waals surface area (Å²) in [5.74, 6) is 0. The Morgan fingerprint density at radius 2 is 1.40 bits per heavy atom. The smallest absolute Gasteiger partial charge is 0.00755 e. The second-order valence-electron chi connectivity index (χ2n) is 7.29. The highest BCUT2D eigenvalue weighted by Gasteiger charge is 2.41. The van der Waals surface area contributed by atoms with E-state index in [4.69, 9.17) is 5.73 Å². The van der Waals surface area contributed by atoms with Crippen LogP contribution in [0.3, 0.4) is 0 Å². The van der Waals surface area contributed by atoms with Crippen LogP contribution < -0.4 is 5.73 Å². The molecule has 1 aromatic carbocycles. The number of rotatable bonds is 3. The Kier molecular flexibility index (Phi) is 2.94. The van der Waals surface area contributed by atoms with Crippen LogP contribution in [0.4, 0.5) is 0 Å². The molecule has 3 saturated heterocycles. The number of nitrogens with zero attached hydrogens (tertiary/aromatic N) is 1. The Balaban J connectivity index is 1.61. The maximum absolute atomic E-state index is 6.03. The Morgan fingerprint density at radius 1 is 0.850 bits per heavy atom. The summed E-state index contributed by atoms with van der Waals surface area (Å²) >= 11 is 0. The van der Waals surface area contributed by atoms with Crippen LogP contribution in [0, 0.1) is 0 Å². The van der Waals surface area contributed by atoms with Gasteiger partial charge < -0.3 is 10.6 Å². The summed E-state index contributed by atoms with van der Waals surface area (Å²) in [5.41, 5.74) is 9.91. The molecule has 0 aromatic heterocycles. The zero-order valence-corrected chi connectivity index (χ0v) is 12.4. The average Bonchev–Trinajstić information content (AvgIpc) is 2.49. The summed E-state index contributed by atoms with van der Waals surface area (Å²) in [4.78, 5) is 2.62. The third-order valence-electron chi connectivity index (χ3n) is 6.53. The summed E-state index contributed by atoms with van der Waals surface area (Å²) in [5, 5.41) is 0. The SMILES string of the molecule is NCC1(c2ccc(C34CCN(CC3)CC4)cc2)CCC1. The van der Waals surface area contributed by atoms with E-state index in [1.165, 1.54) is 63.7 Å². The van der Waals surface area contributed by atoms with Gasteiger partial charge in [0.15, 0.2) is 0 Å². The predicted molar refractivity (Wildman–Crippen MR) is 83.0 cm³/mol. The van der Waals surface area contributed by atoms with E-state index < -0.39 is 0 Å². The van der Waals surface area contributed by atoms with Crippen molar-refractivity contribution in [1.82, 2.24) is 4.90 Å². The Labute approximate surface area is 122 Å². The van der Waals surface area contributed by atoms with Crippen molar-refractivity contribution >= 4 is 0 Å². The first-order valence-corrected chi connectivity index (χ1v) is 8.30. The third-order valence-corrected chi connectivity index (χ3v) is 6.53. The van der Waals surface area contributed by atoms with Crippen LogP contribution in [0.15, 0.2) is 24.3 Å². The first kappa shape index (κ1) is 12.8. The van der Waals surface area contributed by atoms with Crippen molar-refractivity contribution in [2.24, 2.45) is 5.73 Å². The molecule has 20 heavy (non-hydrogen) atoms. The number of benzene rings is 1. The monoisotopic (exact) mass is 270 g/mol. The van der Waals surface area contributed by atoms with Crippen molar-refractivity contribution in [3.8, 4) is 0 Å². The molecular formula is C18H26N2. The van der Waals surface area contributed by atoms with Gasteiger partial charge in [0.05, 0.1) is 0 Å². The van der Waals surface area contributed by atoms with Gasteiger partial charge in [0.1, 0.15) is 0 Å². The Hall–Kier alpha value is -0.860. The van der Waals surface area contributed by atoms with Gasteiger partial charge in [-0.05, 0) is 68.3 Å². The molecule has 0 radical (unpaired) electrons. The van der Waals surface area contributed by atoms with E-state index in [0.717, 1.165) is 6.54 Å². The molecule has 4 aliphatic rings. The van der Waals surface area contributed by atoms with Gasteiger partial charge >= 0.3 is 0 Å². The second-order valence-corrected chi connectivity index (χ2v) is 7.29. The van der Waals surface area contributed by atoms with Gasteiger partial charge in [-0.1, -0.05) is 30.7 Å². The topological polar surface area (TPSA) is 29.3 Å². The van der Waals surface area contributed by atoms with Gasteiger partial charge in [-0.25, -0.2) is 0 Å². The molecule has 2 nitrogen and oxygen atoms in total. The van der Waals surface area contributed by atoms with E-state index in [1.54, 1.807) is 5.56 Å². The number of hydrogen-bond acceptors (Lipinski definition) is 2. The lowest BCUT2D eigenvalue weighted by Gasteiger charge is -2.49. The standard InChI is InChI=1S/C18H26N2/c19-14-18(6-1-7-18)16-4-2-15(3-5-16)17-8-11-20(12-9-17)13-10-17/h2-5H,1,6-14,19H2. The van der Waals surface area contributed by atoms with Gasteiger partial charge in [-0.15, -0.1) is 0 Å². The fraction of sp³-hybridized carbons (Fsp3) is 0.667. The lowest BCUT2D eigenvalue weighted by molar-refractivity contribution is 0.0817. The normalized spacial score (nSPS) is 34.8. The van der Waals surface area contributed by atoms with Crippen molar-refractivity contribution in [3.63, 3.8) is 0 Å². The molecular weight excluding hydrogens is 244 g/mol. The minimum Gasteiger partial charge on any atom is -0.330 e. The van der Waals surface area contributed by atoms with Crippen LogP contribution in [0.5, 0.6) is 0 Å². The number of nitrogens with two attached hydrogens (primary N) is 1. The van der Waals surface area contributed by atoms with E-state index >= 15 is 0 Å². The van der Waals surface area contributed by atoms with Crippen LogP contribution in [0.25, 0.3) is 0 Å². The summed E-state index contributed by atoms with van der Waals surface area (Å²) in [6.07, 6.45) is 7.97. The first-order valence-electron chi connectivity index (χ1n) is 8.30. The molecule has 1 aromatic rings. The molecule has 2 bridgehead atoms. The molecule has 1 saturated carbocycles. The quantitative estimate of drug-likeness (QED) is 0.915. The minimum atomic E-state index is 0.312. The summed E-state index contributed by atoms with van der Waals surface area (Å²) in [6, 6.07) is 9.62. The molecule has 4 fully saturated rings. The van der Waals surface area contributed by atoms with Gasteiger partial charge in [-0.2, -0.15) is 0 Å². The molecule has 5 rings (SSSR count). The molecule has 1 aliphatic carbocycles. The van der Waals surface area contributed by atoms with E-state index in [9.17, 15) is 0 Å². The lowest BCUT2D eigenvalue weighted by atomic mass is 9.63. The highest BCUT2D eigenvalue weighted by atomic mass is 15.1. The lowest BCUT2D eigenvalue weighted by Crippen LogP contribution is -2.50. The van der Waals surface area contributed by atoms with Crippen LogP contribution in [0.2, 0.25) is 0 Å². The molecule has 2 heteroatoms. The maximum Gasteiger partial charge on any atom is 0.00755 e. The molecule has 3 aliphatic heterocycles. The van der Waals surface area contributed by atoms with Crippen LogP contribution in [-0.2, 0) is 10.8 Å². The number of fused-ring (bicyclic) bond motifs is 3. The van der Waals surface area contributed by atoms with Crippen molar-refractivity contribution in [2.75, 3.05) is 26.2 Å². The van der Waals surface area contributed by atoms with Crippen molar-refractivity contribution < 1.29 is 0 Å². The van der Waals surface area contributed by atoms with E-state index in [2.05, 4.69) is 29.2 Å². The number of hydrogen-bond donors (Lipinski definition) is 1. The molecule has 108 valence electrons. The Morgan fingerprint density at radius 3 is 1.85 bits per heavy atom. The third kappa shape index (κ3) is 1.78. The molecule has 2 N–H and O–H groups in total. The van der Waals surface area contributed by atoms with Gasteiger partial charge in [0.2, 0.25) is 0 Å². The van der Waals surface area contributed by atoms with Gasteiger partial charge in [-0.3, -0.25) is 0 Å². The first-order chi connectivity index (χ1) is 9.76. The highest BCUT2D eigenvalue weighted by Crippen LogP contribution is 2.45. The average molecular weight is 270 g/mol. The van der Waals surface area contributed by atoms with E-state index in [0.29, 0.717) is 10.8 Å². The van der Waals surface area contributed by atoms with Crippen LogP contribution in [0.1, 0.15) is 49.7 Å². The van der Waals surface area contributed by atoms with Crippen LogP contribution >= 0.6 is 0 Å². The molecule has 0 unspecified atom stereocenters. The molecule has 0 atom stereocenters. The largest absolute Gasteiger partial charge is 0.330 e. The minimum absolute atomic E-state index is 0.312. The van der Waals surface area contributed by atoms with Crippen LogP contribution in [-0.4, -0.2) is 31.1 Å². The summed E-state index contributed by atoms with van der Waals surface area (Å²) in [7, 11) is 0. The summed E-state index contributed by atoms with van der Waals surface area (Å²) < 4.78 is 0. The van der Waals surface area contributed by atoms with Gasteiger partial charge in [0.25, 0.3) is 0 Å². The maximum atomic E-state index is 6.03. The van der Waals surface area contributed by atoms with Crippen molar-refractivity contribution in [2.45, 2.75) is 49.4 Å². The fourth-order valence-corrected chi connectivity index (χ4v) is 4.65. The summed E-state index contributed by atoms with van der Waals surface area (Å²) in [6.45, 7) is 4.71. The Bertz CT molecular complexity index is 459.